The van der Waals surface area contributed by atoms with E-state index in [2.05, 4.69) is 5.32 Å². The van der Waals surface area contributed by atoms with Crippen molar-refractivity contribution in [2.45, 2.75) is 20.3 Å². The molecule has 0 aliphatic carbocycles. The maximum atomic E-state index is 13.8. The minimum atomic E-state index is -0.766. The third-order valence-corrected chi connectivity index (χ3v) is 3.62. The van der Waals surface area contributed by atoms with Gasteiger partial charge in [-0.05, 0) is 37.1 Å². The van der Waals surface area contributed by atoms with E-state index in [-0.39, 0.29) is 23.4 Å². The molecule has 3 N–H and O–H groups in total. The van der Waals surface area contributed by atoms with Crippen molar-refractivity contribution < 1.29 is 18.7 Å². The van der Waals surface area contributed by atoms with Crippen LogP contribution >= 0.6 is 0 Å². The largest absolute Gasteiger partial charge is 0.483 e. The van der Waals surface area contributed by atoms with Gasteiger partial charge in [0.1, 0.15) is 11.6 Å². The second-order valence-corrected chi connectivity index (χ2v) is 5.29. The maximum absolute atomic E-state index is 13.8. The van der Waals surface area contributed by atoms with E-state index < -0.39 is 17.6 Å². The smallest absolute Gasteiger partial charge is 0.262 e. The Morgan fingerprint density at radius 1 is 1.25 bits per heavy atom. The molecule has 0 radical (unpaired) electrons. The molecule has 0 atom stereocenters. The molecule has 2 rings (SSSR count). The summed E-state index contributed by atoms with van der Waals surface area (Å²) in [5.41, 5.74) is 6.56. The second kappa shape index (κ2) is 7.59. The highest BCUT2D eigenvalue weighted by atomic mass is 19.1. The summed E-state index contributed by atoms with van der Waals surface area (Å²) < 4.78 is 19.3. The molecule has 0 aliphatic rings. The van der Waals surface area contributed by atoms with Crippen LogP contribution in [-0.2, 0) is 11.2 Å². The van der Waals surface area contributed by atoms with Crippen molar-refractivity contribution in [2.24, 2.45) is 5.73 Å². The number of amides is 2. The van der Waals surface area contributed by atoms with Gasteiger partial charge in [-0.2, -0.15) is 0 Å². The lowest BCUT2D eigenvalue weighted by Crippen LogP contribution is -2.22. The van der Waals surface area contributed by atoms with Gasteiger partial charge in [-0.15, -0.1) is 0 Å². The maximum Gasteiger partial charge on any atom is 0.262 e. The van der Waals surface area contributed by atoms with E-state index in [9.17, 15) is 14.0 Å². The highest BCUT2D eigenvalue weighted by Gasteiger charge is 2.13. The SMILES string of the molecule is CCc1ccccc1OCC(=O)Nc1cc(C(N)=O)cc(F)c1C. The molecule has 0 unspecified atom stereocenters. The highest BCUT2D eigenvalue weighted by molar-refractivity contribution is 5.97. The monoisotopic (exact) mass is 330 g/mol. The van der Waals surface area contributed by atoms with Crippen molar-refractivity contribution in [3.63, 3.8) is 0 Å². The van der Waals surface area contributed by atoms with Gasteiger partial charge >= 0.3 is 0 Å². The molecule has 6 heteroatoms. The van der Waals surface area contributed by atoms with Crippen LogP contribution in [0.2, 0.25) is 0 Å². The Hall–Kier alpha value is -2.89. The van der Waals surface area contributed by atoms with Gasteiger partial charge in [-0.3, -0.25) is 9.59 Å². The molecular formula is C18H19FN2O3. The fourth-order valence-corrected chi connectivity index (χ4v) is 2.22. The lowest BCUT2D eigenvalue weighted by molar-refractivity contribution is -0.118. The molecule has 2 aromatic rings. The summed E-state index contributed by atoms with van der Waals surface area (Å²) in [6, 6.07) is 9.81. The Morgan fingerprint density at radius 2 is 1.96 bits per heavy atom. The number of hydrogen-bond donors (Lipinski definition) is 2. The van der Waals surface area contributed by atoms with E-state index in [1.807, 2.05) is 25.1 Å². The number of nitrogens with one attached hydrogen (secondary N) is 1. The normalized spacial score (nSPS) is 10.3. The number of anilines is 1. The van der Waals surface area contributed by atoms with Crippen LogP contribution in [0.1, 0.15) is 28.4 Å². The summed E-state index contributed by atoms with van der Waals surface area (Å²) in [4.78, 5) is 23.3. The van der Waals surface area contributed by atoms with Crippen LogP contribution in [0.15, 0.2) is 36.4 Å². The van der Waals surface area contributed by atoms with Gasteiger partial charge in [0.05, 0.1) is 0 Å². The first-order valence-corrected chi connectivity index (χ1v) is 7.52. The zero-order chi connectivity index (χ0) is 17.7. The van der Waals surface area contributed by atoms with E-state index in [0.717, 1.165) is 18.1 Å². The highest BCUT2D eigenvalue weighted by Crippen LogP contribution is 2.21. The van der Waals surface area contributed by atoms with Crippen LogP contribution < -0.4 is 15.8 Å². The molecule has 0 fully saturated rings. The van der Waals surface area contributed by atoms with E-state index in [0.29, 0.717) is 5.75 Å². The zero-order valence-electron chi connectivity index (χ0n) is 13.6. The summed E-state index contributed by atoms with van der Waals surface area (Å²) in [5.74, 6) is -1.20. The molecule has 0 aliphatic heterocycles. The van der Waals surface area contributed by atoms with Crippen molar-refractivity contribution in [1.82, 2.24) is 0 Å². The van der Waals surface area contributed by atoms with Crippen molar-refractivity contribution >= 4 is 17.5 Å². The number of ether oxygens (including phenoxy) is 1. The Balaban J connectivity index is 2.09. The molecule has 0 saturated heterocycles. The second-order valence-electron chi connectivity index (χ2n) is 5.29. The van der Waals surface area contributed by atoms with Crippen molar-refractivity contribution in [2.75, 3.05) is 11.9 Å². The number of nitrogens with two attached hydrogens (primary N) is 1. The third-order valence-electron chi connectivity index (χ3n) is 3.62. The number of carbonyl (C=O) groups is 2. The fourth-order valence-electron chi connectivity index (χ4n) is 2.22. The summed E-state index contributed by atoms with van der Waals surface area (Å²) in [6.45, 7) is 3.27. The number of aryl methyl sites for hydroxylation is 1. The van der Waals surface area contributed by atoms with E-state index in [4.69, 9.17) is 10.5 Å². The first-order chi connectivity index (χ1) is 11.4. The van der Waals surface area contributed by atoms with E-state index in [1.165, 1.54) is 13.0 Å². The molecule has 5 nitrogen and oxygen atoms in total. The average Bonchev–Trinajstić information content (AvgIpc) is 2.57. The lowest BCUT2D eigenvalue weighted by Gasteiger charge is -2.13. The quantitative estimate of drug-likeness (QED) is 0.854. The minimum Gasteiger partial charge on any atom is -0.483 e. The third kappa shape index (κ3) is 4.10. The Bertz CT molecular complexity index is 775. The molecule has 24 heavy (non-hydrogen) atoms. The Kier molecular flexibility index (Phi) is 5.52. The van der Waals surface area contributed by atoms with Crippen LogP contribution in [0.3, 0.4) is 0 Å². The summed E-state index contributed by atoms with van der Waals surface area (Å²) in [7, 11) is 0. The van der Waals surface area contributed by atoms with Gasteiger partial charge in [0.25, 0.3) is 5.91 Å². The molecule has 2 amide bonds. The number of benzene rings is 2. The molecule has 0 aromatic heterocycles. The summed E-state index contributed by atoms with van der Waals surface area (Å²) >= 11 is 0. The molecule has 0 heterocycles. The van der Waals surface area contributed by atoms with E-state index in [1.54, 1.807) is 6.07 Å². The number of halogens is 1. The number of para-hydroxylation sites is 1. The van der Waals surface area contributed by atoms with Crippen LogP contribution in [0.4, 0.5) is 10.1 Å². The molecule has 2 aromatic carbocycles. The zero-order valence-corrected chi connectivity index (χ0v) is 13.6. The van der Waals surface area contributed by atoms with Crippen molar-refractivity contribution in [1.29, 1.82) is 0 Å². The van der Waals surface area contributed by atoms with Gasteiger partial charge in [-0.25, -0.2) is 4.39 Å². The fraction of sp³-hybridized carbons (Fsp3) is 0.222. The van der Waals surface area contributed by atoms with Crippen LogP contribution in [0.25, 0.3) is 0 Å². The van der Waals surface area contributed by atoms with E-state index >= 15 is 0 Å². The first kappa shape index (κ1) is 17.5. The molecule has 0 spiro atoms. The number of hydrogen-bond acceptors (Lipinski definition) is 3. The van der Waals surface area contributed by atoms with Gasteiger partial charge in [0, 0.05) is 16.8 Å². The van der Waals surface area contributed by atoms with Gasteiger partial charge in [0.2, 0.25) is 5.91 Å². The van der Waals surface area contributed by atoms with Crippen molar-refractivity contribution in [3.8, 4) is 5.75 Å². The average molecular weight is 330 g/mol. The predicted octanol–water partition coefficient (Wildman–Crippen LogP) is 2.81. The standard InChI is InChI=1S/C18H19FN2O3/c1-3-12-6-4-5-7-16(12)24-10-17(22)21-15-9-13(18(20)23)8-14(19)11(15)2/h4-9H,3,10H2,1-2H3,(H2,20,23)(H,21,22). The van der Waals surface area contributed by atoms with Gasteiger partial charge < -0.3 is 15.8 Å². The van der Waals surface area contributed by atoms with Gasteiger partial charge in [0.15, 0.2) is 6.61 Å². The number of primary amides is 1. The summed E-state index contributed by atoms with van der Waals surface area (Å²) in [6.07, 6.45) is 0.781. The van der Waals surface area contributed by atoms with Gasteiger partial charge in [-0.1, -0.05) is 25.1 Å². The number of rotatable bonds is 6. The topological polar surface area (TPSA) is 81.4 Å². The van der Waals surface area contributed by atoms with Crippen LogP contribution in [0, 0.1) is 12.7 Å². The molecule has 0 saturated carbocycles. The minimum absolute atomic E-state index is 0.00866. The molecule has 126 valence electrons. The first-order valence-electron chi connectivity index (χ1n) is 7.52. The number of carbonyl (C=O) groups excluding carboxylic acids is 2. The summed E-state index contributed by atoms with van der Waals surface area (Å²) in [5, 5.41) is 2.54. The van der Waals surface area contributed by atoms with Crippen LogP contribution in [-0.4, -0.2) is 18.4 Å². The molecular weight excluding hydrogens is 311 g/mol. The van der Waals surface area contributed by atoms with Crippen LogP contribution in [0.5, 0.6) is 5.75 Å². The Labute approximate surface area is 139 Å². The predicted molar refractivity (Wildman–Crippen MR) is 89.6 cm³/mol. The molecule has 0 bridgehead atoms. The Morgan fingerprint density at radius 3 is 2.62 bits per heavy atom. The lowest BCUT2D eigenvalue weighted by atomic mass is 10.1. The van der Waals surface area contributed by atoms with Crippen molar-refractivity contribution in [3.05, 3.63) is 58.9 Å².